The molecule has 2 rings (SSSR count). The predicted octanol–water partition coefficient (Wildman–Crippen LogP) is -0.439. The number of carbonyl (C=O) groups excluding carboxylic acids is 2. The number of carbonyl (C=O) groups is 3. The fourth-order valence-electron chi connectivity index (χ4n) is 1.61. The van der Waals surface area contributed by atoms with Crippen LogP contribution in [0.5, 0.6) is 0 Å². The molecule has 2 aliphatic heterocycles. The maximum absolute atomic E-state index is 11.1. The predicted molar refractivity (Wildman–Crippen MR) is 48.7 cm³/mol. The van der Waals surface area contributed by atoms with Crippen LogP contribution in [0.25, 0.3) is 0 Å². The van der Waals surface area contributed by atoms with Crippen molar-refractivity contribution in [3.8, 4) is 0 Å². The molecule has 0 spiro atoms. The standard InChI is InChI=1S/C8H9NO4S/c10-3-8(7(12)13)2-9-5(11)1-6(9)14-4-8/h3,6H,1-2,4H2,(H,12,13)/t6-,8?/m1/s1. The molecule has 76 valence electrons. The third-order valence-corrected chi connectivity index (χ3v) is 4.14. The minimum Gasteiger partial charge on any atom is -0.480 e. The number of nitrogens with zero attached hydrogens (tertiary/aromatic N) is 1. The SMILES string of the molecule is O=CC1(C(=O)O)CS[C@@H]2CC(=O)N2C1. The molecule has 0 aromatic rings. The van der Waals surface area contributed by atoms with Gasteiger partial charge in [0.05, 0.1) is 11.8 Å². The van der Waals surface area contributed by atoms with E-state index in [1.807, 2.05) is 0 Å². The van der Waals surface area contributed by atoms with Crippen molar-refractivity contribution in [2.45, 2.75) is 11.8 Å². The molecule has 1 amide bonds. The minimum atomic E-state index is -1.39. The summed E-state index contributed by atoms with van der Waals surface area (Å²) in [6.07, 6.45) is 0.920. The Hall–Kier alpha value is -1.04. The quantitative estimate of drug-likeness (QED) is 0.384. The number of aliphatic carboxylic acids is 1. The van der Waals surface area contributed by atoms with Crippen LogP contribution in [0.2, 0.25) is 0 Å². The van der Waals surface area contributed by atoms with Crippen LogP contribution in [0.1, 0.15) is 6.42 Å². The van der Waals surface area contributed by atoms with Crippen molar-refractivity contribution in [3.63, 3.8) is 0 Å². The van der Waals surface area contributed by atoms with E-state index in [2.05, 4.69) is 0 Å². The normalized spacial score (nSPS) is 35.9. The number of rotatable bonds is 2. The minimum absolute atomic E-state index is 0.0301. The molecule has 0 aromatic carbocycles. The van der Waals surface area contributed by atoms with E-state index in [9.17, 15) is 14.4 Å². The summed E-state index contributed by atoms with van der Waals surface area (Å²) >= 11 is 1.37. The highest BCUT2D eigenvalue weighted by atomic mass is 32.2. The first-order chi connectivity index (χ1) is 6.59. The van der Waals surface area contributed by atoms with E-state index in [0.717, 1.165) is 0 Å². The van der Waals surface area contributed by atoms with Gasteiger partial charge in [-0.3, -0.25) is 9.59 Å². The van der Waals surface area contributed by atoms with E-state index in [0.29, 0.717) is 12.7 Å². The molecule has 1 N–H and O–H groups in total. The fraction of sp³-hybridized carbons (Fsp3) is 0.625. The van der Waals surface area contributed by atoms with Gasteiger partial charge in [-0.25, -0.2) is 0 Å². The van der Waals surface area contributed by atoms with Crippen LogP contribution in [0.4, 0.5) is 0 Å². The van der Waals surface area contributed by atoms with Gasteiger partial charge in [0.1, 0.15) is 11.7 Å². The maximum atomic E-state index is 11.1. The second-order valence-electron chi connectivity index (χ2n) is 3.57. The number of hydrogen-bond acceptors (Lipinski definition) is 4. The second-order valence-corrected chi connectivity index (χ2v) is 4.74. The molecule has 6 heteroatoms. The molecule has 2 heterocycles. The molecule has 0 bridgehead atoms. The van der Waals surface area contributed by atoms with Gasteiger partial charge in [0.25, 0.3) is 0 Å². The van der Waals surface area contributed by atoms with E-state index in [1.165, 1.54) is 16.7 Å². The lowest BCUT2D eigenvalue weighted by Gasteiger charge is -2.47. The lowest BCUT2D eigenvalue weighted by molar-refractivity contribution is -0.156. The van der Waals surface area contributed by atoms with Crippen molar-refractivity contribution in [2.75, 3.05) is 12.3 Å². The number of carboxylic acids is 1. The van der Waals surface area contributed by atoms with Crippen LogP contribution in [-0.4, -0.2) is 45.8 Å². The highest BCUT2D eigenvalue weighted by molar-refractivity contribution is 8.00. The van der Waals surface area contributed by atoms with Crippen LogP contribution in [0.3, 0.4) is 0 Å². The first-order valence-electron chi connectivity index (χ1n) is 4.20. The molecular formula is C8H9NO4S. The van der Waals surface area contributed by atoms with Gasteiger partial charge in [-0.15, -0.1) is 11.8 Å². The maximum Gasteiger partial charge on any atom is 0.319 e. The van der Waals surface area contributed by atoms with Crippen molar-refractivity contribution in [1.29, 1.82) is 0 Å². The number of amides is 1. The Bertz CT molecular complexity index is 318. The first-order valence-corrected chi connectivity index (χ1v) is 5.25. The van der Waals surface area contributed by atoms with Crippen molar-refractivity contribution < 1.29 is 19.5 Å². The molecule has 0 saturated carbocycles. The zero-order valence-corrected chi connectivity index (χ0v) is 8.12. The van der Waals surface area contributed by atoms with Crippen molar-refractivity contribution in [1.82, 2.24) is 4.90 Å². The molecule has 0 radical (unpaired) electrons. The van der Waals surface area contributed by atoms with Crippen molar-refractivity contribution in [3.05, 3.63) is 0 Å². The Morgan fingerprint density at radius 1 is 1.71 bits per heavy atom. The number of β-lactam (4-membered cyclic amide) rings is 1. The van der Waals surface area contributed by atoms with Gasteiger partial charge in [-0.1, -0.05) is 0 Å². The fourth-order valence-corrected chi connectivity index (χ4v) is 3.01. The molecule has 2 aliphatic rings. The molecule has 14 heavy (non-hydrogen) atoms. The Kier molecular flexibility index (Phi) is 2.02. The van der Waals surface area contributed by atoms with Gasteiger partial charge in [-0.2, -0.15) is 0 Å². The number of fused-ring (bicyclic) bond motifs is 1. The summed E-state index contributed by atoms with van der Waals surface area (Å²) in [6, 6.07) is 0. The van der Waals surface area contributed by atoms with Gasteiger partial charge in [0.15, 0.2) is 0 Å². The molecule has 2 saturated heterocycles. The summed E-state index contributed by atoms with van der Waals surface area (Å²) < 4.78 is 0. The largest absolute Gasteiger partial charge is 0.480 e. The van der Waals surface area contributed by atoms with Gasteiger partial charge in [0.2, 0.25) is 5.91 Å². The molecule has 1 unspecified atom stereocenters. The van der Waals surface area contributed by atoms with Gasteiger partial charge in [-0.05, 0) is 0 Å². The number of carboxylic acid groups (broad SMARTS) is 1. The molecule has 0 aliphatic carbocycles. The average Bonchev–Trinajstić information content (AvgIpc) is 2.16. The molecule has 5 nitrogen and oxygen atoms in total. The molecule has 2 atom stereocenters. The van der Waals surface area contributed by atoms with Crippen molar-refractivity contribution >= 4 is 29.9 Å². The van der Waals surface area contributed by atoms with Crippen LogP contribution >= 0.6 is 11.8 Å². The van der Waals surface area contributed by atoms with Crippen LogP contribution in [-0.2, 0) is 14.4 Å². The number of thioether (sulfide) groups is 1. The summed E-state index contributed by atoms with van der Waals surface area (Å²) in [4.78, 5) is 34.2. The van der Waals surface area contributed by atoms with E-state index in [4.69, 9.17) is 5.11 Å². The summed E-state index contributed by atoms with van der Waals surface area (Å²) in [6.45, 7) is 0.0301. The Labute approximate surface area is 84.4 Å². The van der Waals surface area contributed by atoms with E-state index < -0.39 is 11.4 Å². The second kappa shape index (κ2) is 2.98. The lowest BCUT2D eigenvalue weighted by atomic mass is 9.90. The van der Waals surface area contributed by atoms with Crippen LogP contribution < -0.4 is 0 Å². The topological polar surface area (TPSA) is 74.7 Å². The highest BCUT2D eigenvalue weighted by Gasteiger charge is 2.51. The molecule has 2 fully saturated rings. The third-order valence-electron chi connectivity index (χ3n) is 2.65. The average molecular weight is 215 g/mol. The van der Waals surface area contributed by atoms with E-state index in [1.54, 1.807) is 0 Å². The summed E-state index contributed by atoms with van der Waals surface area (Å²) in [5, 5.41) is 9.01. The van der Waals surface area contributed by atoms with Crippen LogP contribution in [0, 0.1) is 5.41 Å². The smallest absolute Gasteiger partial charge is 0.319 e. The third kappa shape index (κ3) is 1.13. The van der Waals surface area contributed by atoms with Crippen molar-refractivity contribution in [2.24, 2.45) is 5.41 Å². The zero-order valence-electron chi connectivity index (χ0n) is 7.30. The number of aldehydes is 1. The molecular weight excluding hydrogens is 206 g/mol. The van der Waals surface area contributed by atoms with Crippen LogP contribution in [0.15, 0.2) is 0 Å². The summed E-state index contributed by atoms with van der Waals surface area (Å²) in [7, 11) is 0. The lowest BCUT2D eigenvalue weighted by Crippen LogP contribution is -2.61. The van der Waals surface area contributed by atoms with Gasteiger partial charge >= 0.3 is 5.97 Å². The van der Waals surface area contributed by atoms with Gasteiger partial charge in [0, 0.05) is 12.3 Å². The number of hydrogen-bond donors (Lipinski definition) is 1. The monoisotopic (exact) mass is 215 g/mol. The zero-order chi connectivity index (χ0) is 10.3. The molecule has 0 aromatic heterocycles. The summed E-state index contributed by atoms with van der Waals surface area (Å²) in [5.41, 5.74) is -1.39. The van der Waals surface area contributed by atoms with E-state index >= 15 is 0 Å². The summed E-state index contributed by atoms with van der Waals surface area (Å²) in [5.74, 6) is -0.937. The van der Waals surface area contributed by atoms with Gasteiger partial charge < -0.3 is 14.8 Å². The van der Waals surface area contributed by atoms with E-state index in [-0.39, 0.29) is 23.6 Å². The Morgan fingerprint density at radius 3 is 2.93 bits per heavy atom. The Balaban J connectivity index is 2.19. The highest BCUT2D eigenvalue weighted by Crippen LogP contribution is 2.40. The first kappa shape index (κ1) is 9.51. The Morgan fingerprint density at radius 2 is 2.43 bits per heavy atom.